The number of imidazole rings is 1. The maximum atomic E-state index is 12.1. The third-order valence-corrected chi connectivity index (χ3v) is 3.85. The van der Waals surface area contributed by atoms with Crippen LogP contribution >= 0.6 is 0 Å². The van der Waals surface area contributed by atoms with Gasteiger partial charge >= 0.3 is 5.69 Å². The second kappa shape index (κ2) is 5.45. The van der Waals surface area contributed by atoms with Crippen LogP contribution < -0.4 is 5.69 Å². The van der Waals surface area contributed by atoms with Crippen LogP contribution in [0.25, 0.3) is 5.69 Å². The molecule has 0 amide bonds. The summed E-state index contributed by atoms with van der Waals surface area (Å²) >= 11 is 0. The van der Waals surface area contributed by atoms with Gasteiger partial charge in [0.15, 0.2) is 0 Å². The molecule has 0 fully saturated rings. The minimum absolute atomic E-state index is 0.0151. The van der Waals surface area contributed by atoms with Gasteiger partial charge in [-0.2, -0.15) is 5.10 Å². The summed E-state index contributed by atoms with van der Waals surface area (Å²) in [6.45, 7) is 8.00. The molecular weight excluding hydrogens is 298 g/mol. The lowest BCUT2D eigenvalue weighted by Gasteiger charge is -2.03. The highest BCUT2D eigenvalue weighted by atomic mass is 16.5. The molecular formula is C15H19N5O3. The third-order valence-electron chi connectivity index (χ3n) is 3.85. The highest BCUT2D eigenvalue weighted by Gasteiger charge is 2.18. The number of aromatic amines is 1. The van der Waals surface area contributed by atoms with Crippen LogP contribution in [0.3, 0.4) is 0 Å². The number of hydrogen-bond donors (Lipinski definition) is 2. The van der Waals surface area contributed by atoms with Crippen LogP contribution in [0.4, 0.5) is 0 Å². The Labute approximate surface area is 132 Å². The van der Waals surface area contributed by atoms with E-state index >= 15 is 0 Å². The van der Waals surface area contributed by atoms with Crippen LogP contribution in [0.1, 0.15) is 42.5 Å². The number of rotatable bonds is 4. The van der Waals surface area contributed by atoms with Gasteiger partial charge in [-0.25, -0.2) is 9.36 Å². The van der Waals surface area contributed by atoms with Crippen molar-refractivity contribution in [2.24, 2.45) is 0 Å². The number of H-pyrrole nitrogens is 1. The van der Waals surface area contributed by atoms with Crippen LogP contribution in [-0.4, -0.2) is 29.6 Å². The van der Waals surface area contributed by atoms with Gasteiger partial charge in [0.25, 0.3) is 0 Å². The molecule has 0 aliphatic heterocycles. The Kier molecular flexibility index (Phi) is 3.59. The molecule has 0 radical (unpaired) electrons. The number of aromatic hydroxyl groups is 1. The molecule has 3 heterocycles. The third kappa shape index (κ3) is 2.56. The standard InChI is InChI=1S/C15H19N5O3/c1-8(2)13-14(21)20(15(22)17-13)11-5-16-19(6-11)7-12-9(3)18-23-10(12)4/h5-6,8,21H,7H2,1-4H3,(H,17,22). The van der Waals surface area contributed by atoms with Crippen LogP contribution in [0.15, 0.2) is 21.7 Å². The van der Waals surface area contributed by atoms with E-state index in [0.717, 1.165) is 17.0 Å². The van der Waals surface area contributed by atoms with Crippen molar-refractivity contribution in [2.45, 2.75) is 40.2 Å². The van der Waals surface area contributed by atoms with E-state index in [1.807, 2.05) is 27.7 Å². The minimum atomic E-state index is -0.386. The zero-order chi connectivity index (χ0) is 16.7. The molecule has 0 aliphatic carbocycles. The van der Waals surface area contributed by atoms with E-state index in [1.165, 1.54) is 10.8 Å². The van der Waals surface area contributed by atoms with E-state index in [0.29, 0.717) is 17.9 Å². The minimum Gasteiger partial charge on any atom is -0.493 e. The Balaban J connectivity index is 1.96. The molecule has 0 aromatic carbocycles. The fraction of sp³-hybridized carbons (Fsp3) is 0.400. The smallest absolute Gasteiger partial charge is 0.333 e. The summed E-state index contributed by atoms with van der Waals surface area (Å²) in [5.41, 5.74) is 2.38. The Bertz CT molecular complexity index is 877. The first-order valence-electron chi connectivity index (χ1n) is 7.37. The summed E-state index contributed by atoms with van der Waals surface area (Å²) in [5, 5.41) is 18.4. The summed E-state index contributed by atoms with van der Waals surface area (Å²) in [5.74, 6) is 0.673. The normalized spacial score (nSPS) is 11.5. The molecule has 0 spiro atoms. The van der Waals surface area contributed by atoms with Gasteiger partial charge in [-0.3, -0.25) is 4.68 Å². The first-order chi connectivity index (χ1) is 10.9. The molecule has 122 valence electrons. The van der Waals surface area contributed by atoms with Gasteiger partial charge in [0, 0.05) is 11.8 Å². The average molecular weight is 317 g/mol. The fourth-order valence-electron chi connectivity index (χ4n) is 2.53. The van der Waals surface area contributed by atoms with Crippen molar-refractivity contribution in [1.82, 2.24) is 24.5 Å². The predicted octanol–water partition coefficient (Wildman–Crippen LogP) is 1.84. The first-order valence-corrected chi connectivity index (χ1v) is 7.37. The van der Waals surface area contributed by atoms with Gasteiger partial charge in [0.2, 0.25) is 5.88 Å². The van der Waals surface area contributed by atoms with Crippen molar-refractivity contribution in [1.29, 1.82) is 0 Å². The van der Waals surface area contributed by atoms with E-state index in [2.05, 4.69) is 15.2 Å². The predicted molar refractivity (Wildman–Crippen MR) is 83.0 cm³/mol. The second-order valence-corrected chi connectivity index (χ2v) is 5.86. The number of nitrogens with one attached hydrogen (secondary N) is 1. The van der Waals surface area contributed by atoms with Crippen LogP contribution in [0, 0.1) is 13.8 Å². The first kappa shape index (κ1) is 15.1. The number of nitrogens with zero attached hydrogens (tertiary/aromatic N) is 4. The van der Waals surface area contributed by atoms with E-state index in [9.17, 15) is 9.90 Å². The molecule has 0 bridgehead atoms. The molecule has 3 aromatic heterocycles. The van der Waals surface area contributed by atoms with Crippen molar-refractivity contribution < 1.29 is 9.63 Å². The lowest BCUT2D eigenvalue weighted by molar-refractivity contribution is 0.391. The van der Waals surface area contributed by atoms with Crippen molar-refractivity contribution in [3.8, 4) is 11.6 Å². The SMILES string of the molecule is Cc1noc(C)c1Cn1cc(-n2c(O)c(C(C)C)[nH]c2=O)cn1. The highest BCUT2D eigenvalue weighted by molar-refractivity contribution is 5.35. The summed E-state index contributed by atoms with van der Waals surface area (Å²) in [6, 6.07) is 0. The molecule has 0 saturated heterocycles. The van der Waals surface area contributed by atoms with Crippen molar-refractivity contribution >= 4 is 0 Å². The molecule has 3 aromatic rings. The number of aryl methyl sites for hydroxylation is 2. The van der Waals surface area contributed by atoms with E-state index in [-0.39, 0.29) is 17.5 Å². The zero-order valence-electron chi connectivity index (χ0n) is 13.5. The van der Waals surface area contributed by atoms with E-state index in [4.69, 9.17) is 4.52 Å². The summed E-state index contributed by atoms with van der Waals surface area (Å²) in [6.07, 6.45) is 3.24. The lowest BCUT2D eigenvalue weighted by atomic mass is 10.1. The maximum absolute atomic E-state index is 12.1. The highest BCUT2D eigenvalue weighted by Crippen LogP contribution is 2.24. The molecule has 2 N–H and O–H groups in total. The Morgan fingerprint density at radius 2 is 2.13 bits per heavy atom. The topological polar surface area (TPSA) is 102 Å². The van der Waals surface area contributed by atoms with Crippen LogP contribution in [-0.2, 0) is 6.54 Å². The van der Waals surface area contributed by atoms with Gasteiger partial charge in [-0.1, -0.05) is 19.0 Å². The molecule has 0 atom stereocenters. The van der Waals surface area contributed by atoms with Crippen LogP contribution in [0.2, 0.25) is 0 Å². The maximum Gasteiger partial charge on any atom is 0.333 e. The summed E-state index contributed by atoms with van der Waals surface area (Å²) < 4.78 is 8.03. The Hall–Kier alpha value is -2.77. The summed E-state index contributed by atoms with van der Waals surface area (Å²) in [4.78, 5) is 14.8. The summed E-state index contributed by atoms with van der Waals surface area (Å²) in [7, 11) is 0. The van der Waals surface area contributed by atoms with Gasteiger partial charge < -0.3 is 14.6 Å². The lowest BCUT2D eigenvalue weighted by Crippen LogP contribution is -2.14. The van der Waals surface area contributed by atoms with Gasteiger partial charge in [-0.05, 0) is 19.8 Å². The second-order valence-electron chi connectivity index (χ2n) is 5.86. The molecule has 3 rings (SSSR count). The number of hydrogen-bond acceptors (Lipinski definition) is 5. The van der Waals surface area contributed by atoms with Crippen molar-refractivity contribution in [3.63, 3.8) is 0 Å². The van der Waals surface area contributed by atoms with Crippen molar-refractivity contribution in [2.75, 3.05) is 0 Å². The quantitative estimate of drug-likeness (QED) is 0.764. The Morgan fingerprint density at radius 1 is 1.39 bits per heavy atom. The fourth-order valence-corrected chi connectivity index (χ4v) is 2.53. The molecule has 0 unspecified atom stereocenters. The van der Waals surface area contributed by atoms with Gasteiger partial charge in [-0.15, -0.1) is 0 Å². The van der Waals surface area contributed by atoms with Crippen molar-refractivity contribution in [3.05, 3.63) is 45.6 Å². The van der Waals surface area contributed by atoms with E-state index < -0.39 is 0 Å². The van der Waals surface area contributed by atoms with Gasteiger partial charge in [0.1, 0.15) is 5.76 Å². The average Bonchev–Trinajstić information content (AvgIpc) is 3.14. The molecule has 8 heteroatoms. The molecule has 23 heavy (non-hydrogen) atoms. The van der Waals surface area contributed by atoms with E-state index in [1.54, 1.807) is 10.9 Å². The van der Waals surface area contributed by atoms with Crippen LogP contribution in [0.5, 0.6) is 5.88 Å². The van der Waals surface area contributed by atoms with Gasteiger partial charge in [0.05, 0.1) is 29.8 Å². The molecule has 0 aliphatic rings. The molecule has 8 nitrogen and oxygen atoms in total. The molecule has 0 saturated carbocycles. The Morgan fingerprint density at radius 3 is 2.70 bits per heavy atom. The largest absolute Gasteiger partial charge is 0.493 e. The monoisotopic (exact) mass is 317 g/mol. The number of aromatic nitrogens is 5. The zero-order valence-corrected chi connectivity index (χ0v) is 13.5.